The Kier molecular flexibility index (Phi) is 5.48. The van der Waals surface area contributed by atoms with E-state index in [2.05, 4.69) is 10.2 Å². The minimum absolute atomic E-state index is 0.00350. The van der Waals surface area contributed by atoms with Gasteiger partial charge in [-0.15, -0.1) is 0 Å². The lowest BCUT2D eigenvalue weighted by Gasteiger charge is -2.29. The first-order valence-electron chi connectivity index (χ1n) is 8.60. The van der Waals surface area contributed by atoms with E-state index in [0.717, 1.165) is 25.9 Å². The van der Waals surface area contributed by atoms with E-state index in [1.54, 1.807) is 17.0 Å². The van der Waals surface area contributed by atoms with Crippen LogP contribution in [0.1, 0.15) is 23.2 Å². The van der Waals surface area contributed by atoms with Gasteiger partial charge in [-0.25, -0.2) is 0 Å². The molecule has 2 heterocycles. The average Bonchev–Trinajstić information content (AvgIpc) is 2.62. The fourth-order valence-electron chi connectivity index (χ4n) is 3.33. The zero-order chi connectivity index (χ0) is 16.9. The predicted octanol–water partition coefficient (Wildman–Crippen LogP) is 1.44. The molecule has 0 spiro atoms. The second-order valence-corrected chi connectivity index (χ2v) is 6.54. The highest BCUT2D eigenvalue weighted by molar-refractivity contribution is 6.04. The van der Waals surface area contributed by atoms with Gasteiger partial charge in [0.1, 0.15) is 0 Å². The van der Waals surface area contributed by atoms with Crippen LogP contribution in [0.5, 0.6) is 0 Å². The van der Waals surface area contributed by atoms with Gasteiger partial charge in [0.15, 0.2) is 0 Å². The van der Waals surface area contributed by atoms with Crippen LogP contribution in [0.3, 0.4) is 0 Å². The number of hydrogen-bond donors (Lipinski definition) is 1. The van der Waals surface area contributed by atoms with Crippen LogP contribution >= 0.6 is 0 Å². The van der Waals surface area contributed by atoms with Crippen molar-refractivity contribution >= 4 is 17.5 Å². The van der Waals surface area contributed by atoms with Crippen molar-refractivity contribution in [1.29, 1.82) is 0 Å². The minimum Gasteiger partial charge on any atom is -0.378 e. The molecule has 1 aromatic rings. The molecule has 1 atom stereocenters. The fraction of sp³-hybridized carbons (Fsp3) is 0.556. The molecule has 6 nitrogen and oxygen atoms in total. The van der Waals surface area contributed by atoms with Crippen molar-refractivity contribution in [3.8, 4) is 0 Å². The summed E-state index contributed by atoms with van der Waals surface area (Å²) in [6, 6.07) is 7.26. The van der Waals surface area contributed by atoms with Crippen LogP contribution < -0.4 is 5.32 Å². The smallest absolute Gasteiger partial charge is 0.256 e. The van der Waals surface area contributed by atoms with Gasteiger partial charge in [0.25, 0.3) is 5.91 Å². The van der Waals surface area contributed by atoms with Crippen molar-refractivity contribution in [2.24, 2.45) is 5.92 Å². The van der Waals surface area contributed by atoms with Crippen LogP contribution in [0.2, 0.25) is 0 Å². The molecule has 0 aromatic heterocycles. The topological polar surface area (TPSA) is 61.9 Å². The summed E-state index contributed by atoms with van der Waals surface area (Å²) in [6.45, 7) is 4.12. The van der Waals surface area contributed by atoms with Crippen molar-refractivity contribution in [3.05, 3.63) is 29.8 Å². The summed E-state index contributed by atoms with van der Waals surface area (Å²) < 4.78 is 5.30. The maximum absolute atomic E-state index is 12.7. The normalized spacial score (nSPS) is 22.2. The fourth-order valence-corrected chi connectivity index (χ4v) is 3.33. The van der Waals surface area contributed by atoms with Gasteiger partial charge >= 0.3 is 0 Å². The first kappa shape index (κ1) is 16.9. The predicted molar refractivity (Wildman–Crippen MR) is 92.0 cm³/mol. The van der Waals surface area contributed by atoms with Crippen molar-refractivity contribution in [2.45, 2.75) is 12.8 Å². The zero-order valence-corrected chi connectivity index (χ0v) is 14.2. The van der Waals surface area contributed by atoms with Gasteiger partial charge < -0.3 is 19.9 Å². The molecule has 1 unspecified atom stereocenters. The number of ether oxygens (including phenoxy) is 1. The van der Waals surface area contributed by atoms with Crippen LogP contribution in [0.4, 0.5) is 5.69 Å². The number of carbonyl (C=O) groups is 2. The number of anilines is 1. The van der Waals surface area contributed by atoms with Crippen molar-refractivity contribution < 1.29 is 14.3 Å². The molecule has 2 saturated heterocycles. The van der Waals surface area contributed by atoms with Gasteiger partial charge in [0.05, 0.1) is 30.4 Å². The summed E-state index contributed by atoms with van der Waals surface area (Å²) in [5.74, 6) is -0.0611. The zero-order valence-electron chi connectivity index (χ0n) is 14.2. The Morgan fingerprint density at radius 3 is 2.67 bits per heavy atom. The molecule has 0 bridgehead atoms. The van der Waals surface area contributed by atoms with Gasteiger partial charge in [-0.2, -0.15) is 0 Å². The van der Waals surface area contributed by atoms with Crippen molar-refractivity contribution in [3.63, 3.8) is 0 Å². The highest BCUT2D eigenvalue weighted by Crippen LogP contribution is 2.21. The lowest BCUT2D eigenvalue weighted by molar-refractivity contribution is -0.121. The second kappa shape index (κ2) is 7.77. The summed E-state index contributed by atoms with van der Waals surface area (Å²) in [4.78, 5) is 29.3. The molecule has 2 amide bonds. The number of nitrogens with one attached hydrogen (secondary N) is 1. The molecule has 2 aliphatic heterocycles. The number of rotatable bonds is 3. The Morgan fingerprint density at radius 2 is 1.92 bits per heavy atom. The number of para-hydroxylation sites is 1. The molecule has 2 aliphatic rings. The maximum atomic E-state index is 12.7. The van der Waals surface area contributed by atoms with Gasteiger partial charge in [-0.05, 0) is 38.6 Å². The van der Waals surface area contributed by atoms with Crippen LogP contribution in [-0.4, -0.2) is 68.1 Å². The lowest BCUT2D eigenvalue weighted by Crippen LogP contribution is -2.41. The molecule has 0 saturated carbocycles. The molecule has 2 fully saturated rings. The Hall–Kier alpha value is -1.92. The molecule has 3 rings (SSSR count). The number of amides is 2. The minimum atomic E-state index is -0.0463. The van der Waals surface area contributed by atoms with Gasteiger partial charge in [-0.1, -0.05) is 12.1 Å². The third kappa shape index (κ3) is 3.94. The molecule has 6 heteroatoms. The number of nitrogens with zero attached hydrogens (tertiary/aromatic N) is 2. The Morgan fingerprint density at radius 1 is 1.17 bits per heavy atom. The highest BCUT2D eigenvalue weighted by Gasteiger charge is 2.26. The van der Waals surface area contributed by atoms with Gasteiger partial charge in [-0.3, -0.25) is 9.59 Å². The third-order valence-electron chi connectivity index (χ3n) is 4.71. The lowest BCUT2D eigenvalue weighted by atomic mass is 9.97. The SMILES string of the molecule is CN1CCCC(C(=O)Nc2ccccc2C(=O)N2CCOCC2)C1. The van der Waals surface area contributed by atoms with Crippen molar-refractivity contribution in [1.82, 2.24) is 9.80 Å². The quantitative estimate of drug-likeness (QED) is 0.910. The standard InChI is InChI=1S/C18H25N3O3/c1-20-8-4-5-14(13-20)17(22)19-16-7-3-2-6-15(16)18(23)21-9-11-24-12-10-21/h2-3,6-7,14H,4-5,8-13H2,1H3,(H,19,22). The molecular formula is C18H25N3O3. The maximum Gasteiger partial charge on any atom is 0.256 e. The van der Waals surface area contributed by atoms with E-state index in [9.17, 15) is 9.59 Å². The van der Waals surface area contributed by atoms with E-state index in [1.807, 2.05) is 19.2 Å². The van der Waals surface area contributed by atoms with Crippen LogP contribution in [-0.2, 0) is 9.53 Å². The third-order valence-corrected chi connectivity index (χ3v) is 4.71. The van der Waals surface area contributed by atoms with E-state index in [0.29, 0.717) is 37.6 Å². The second-order valence-electron chi connectivity index (χ2n) is 6.54. The highest BCUT2D eigenvalue weighted by atomic mass is 16.5. The number of hydrogen-bond acceptors (Lipinski definition) is 4. The van der Waals surface area contributed by atoms with Crippen LogP contribution in [0.25, 0.3) is 0 Å². The largest absolute Gasteiger partial charge is 0.378 e. The number of benzene rings is 1. The Balaban J connectivity index is 1.71. The first-order valence-corrected chi connectivity index (χ1v) is 8.60. The molecule has 24 heavy (non-hydrogen) atoms. The molecule has 1 aromatic carbocycles. The van der Waals surface area contributed by atoms with Crippen molar-refractivity contribution in [2.75, 3.05) is 51.8 Å². The van der Waals surface area contributed by atoms with Gasteiger partial charge in [0, 0.05) is 19.6 Å². The Labute approximate surface area is 142 Å². The summed E-state index contributed by atoms with van der Waals surface area (Å²) in [5, 5.41) is 2.98. The van der Waals surface area contributed by atoms with E-state index >= 15 is 0 Å². The van der Waals surface area contributed by atoms with E-state index in [4.69, 9.17) is 4.74 Å². The monoisotopic (exact) mass is 331 g/mol. The Bertz CT molecular complexity index is 599. The molecule has 0 aliphatic carbocycles. The number of carbonyl (C=O) groups excluding carboxylic acids is 2. The van der Waals surface area contributed by atoms with Crippen LogP contribution in [0, 0.1) is 5.92 Å². The van der Waals surface area contributed by atoms with E-state index < -0.39 is 0 Å². The van der Waals surface area contributed by atoms with Gasteiger partial charge in [0.2, 0.25) is 5.91 Å². The summed E-state index contributed by atoms with van der Waals surface area (Å²) >= 11 is 0. The van der Waals surface area contributed by atoms with Crippen LogP contribution in [0.15, 0.2) is 24.3 Å². The summed E-state index contributed by atoms with van der Waals surface area (Å²) in [5.41, 5.74) is 1.16. The first-order chi connectivity index (χ1) is 11.6. The number of morpholine rings is 1. The number of likely N-dealkylation sites (tertiary alicyclic amines) is 1. The average molecular weight is 331 g/mol. The molecule has 0 radical (unpaired) electrons. The molecule has 130 valence electrons. The molecular weight excluding hydrogens is 306 g/mol. The van der Waals surface area contributed by atoms with E-state index in [1.165, 1.54) is 0 Å². The number of piperidine rings is 1. The summed E-state index contributed by atoms with van der Waals surface area (Å²) in [6.07, 6.45) is 1.93. The van der Waals surface area contributed by atoms with E-state index in [-0.39, 0.29) is 17.7 Å². The summed E-state index contributed by atoms with van der Waals surface area (Å²) in [7, 11) is 2.04. The molecule has 1 N–H and O–H groups in total.